The summed E-state index contributed by atoms with van der Waals surface area (Å²) in [4.78, 5) is 24.4. The number of hydrogen-bond donors (Lipinski definition) is 2. The third-order valence-electron chi connectivity index (χ3n) is 12.3. The van der Waals surface area contributed by atoms with Crippen LogP contribution in [0.15, 0.2) is 48.7 Å². The molecule has 0 spiro atoms. The Bertz CT molecular complexity index is 2420. The van der Waals surface area contributed by atoms with E-state index in [9.17, 15) is 17.6 Å². The van der Waals surface area contributed by atoms with E-state index < -0.39 is 23.3 Å². The number of hydrogen-bond acceptors (Lipinski definition) is 12. The van der Waals surface area contributed by atoms with Gasteiger partial charge in [0.05, 0.1) is 30.4 Å². The molecule has 5 aromatic rings. The predicted molar refractivity (Wildman–Crippen MR) is 225 cm³/mol. The van der Waals surface area contributed by atoms with Crippen LogP contribution in [-0.4, -0.2) is 77.5 Å². The molecular weight excluding hydrogens is 798 g/mol. The summed E-state index contributed by atoms with van der Waals surface area (Å²) in [5.74, 6) is 3.00. The van der Waals surface area contributed by atoms with E-state index in [2.05, 4.69) is 49.5 Å². The molecule has 1 aliphatic carbocycles. The summed E-state index contributed by atoms with van der Waals surface area (Å²) in [5.41, 5.74) is 2.85. The molecule has 3 aromatic heterocycles. The summed E-state index contributed by atoms with van der Waals surface area (Å²) < 4.78 is 61.1. The van der Waals surface area contributed by atoms with Gasteiger partial charge in [-0.05, 0) is 66.5 Å². The smallest absolute Gasteiger partial charge is 0.235 e. The van der Waals surface area contributed by atoms with Gasteiger partial charge in [-0.2, -0.15) is 10.1 Å². The molecule has 3 aliphatic heterocycles. The first-order chi connectivity index (χ1) is 28.6. The Morgan fingerprint density at radius 2 is 1.28 bits per heavy atom. The van der Waals surface area contributed by atoms with Gasteiger partial charge in [0.15, 0.2) is 0 Å². The molecule has 2 N–H and O–H groups in total. The molecule has 2 unspecified atom stereocenters. The Labute approximate surface area is 351 Å². The summed E-state index contributed by atoms with van der Waals surface area (Å²) in [7, 11) is 5.21. The molecule has 4 aliphatic rings. The monoisotopic (exact) mass is 845 g/mol. The average molecular weight is 846 g/mol. The van der Waals surface area contributed by atoms with Crippen LogP contribution in [0.5, 0.6) is 5.88 Å². The first kappa shape index (κ1) is 41.2. The van der Waals surface area contributed by atoms with Gasteiger partial charge in [0, 0.05) is 86.9 Å². The first-order valence-electron chi connectivity index (χ1n) is 20.0. The van der Waals surface area contributed by atoms with E-state index in [0.717, 1.165) is 60.1 Å². The van der Waals surface area contributed by atoms with Gasteiger partial charge in [0.25, 0.3) is 0 Å². The van der Waals surface area contributed by atoms with Gasteiger partial charge in [0.2, 0.25) is 11.2 Å². The molecule has 6 heterocycles. The van der Waals surface area contributed by atoms with E-state index in [1.807, 2.05) is 31.9 Å². The minimum Gasteiger partial charge on any atom is -0.480 e. The Morgan fingerprint density at radius 3 is 1.80 bits per heavy atom. The van der Waals surface area contributed by atoms with Gasteiger partial charge in [-0.3, -0.25) is 0 Å². The summed E-state index contributed by atoms with van der Waals surface area (Å²) in [6.07, 6.45) is 4.91. The molecule has 2 atom stereocenters. The zero-order valence-electron chi connectivity index (χ0n) is 34.6. The Kier molecular flexibility index (Phi) is 10.9. The van der Waals surface area contributed by atoms with Crippen LogP contribution in [0.4, 0.5) is 57.9 Å². The average Bonchev–Trinajstić information content (AvgIpc) is 3.72. The molecular formula is C43H48ClF4N11O. The van der Waals surface area contributed by atoms with Crippen molar-refractivity contribution in [3.8, 4) is 5.88 Å². The molecule has 1 saturated heterocycles. The summed E-state index contributed by atoms with van der Waals surface area (Å²) in [5, 5.41) is 14.5. The van der Waals surface area contributed by atoms with Gasteiger partial charge < -0.3 is 30.1 Å². The lowest BCUT2D eigenvalue weighted by atomic mass is 9.82. The predicted octanol–water partition coefficient (Wildman–Crippen LogP) is 8.61. The quantitative estimate of drug-likeness (QED) is 0.115. The van der Waals surface area contributed by atoms with E-state index >= 15 is 0 Å². The lowest BCUT2D eigenvalue weighted by Gasteiger charge is -2.39. The van der Waals surface area contributed by atoms with Gasteiger partial charge in [0.1, 0.15) is 52.4 Å². The third kappa shape index (κ3) is 7.58. The second-order valence-corrected chi connectivity index (χ2v) is 17.5. The van der Waals surface area contributed by atoms with Crippen molar-refractivity contribution in [2.45, 2.75) is 57.8 Å². The van der Waals surface area contributed by atoms with Crippen LogP contribution in [0.2, 0.25) is 5.28 Å². The van der Waals surface area contributed by atoms with E-state index in [1.165, 1.54) is 37.1 Å². The summed E-state index contributed by atoms with van der Waals surface area (Å²) >= 11 is 5.98. The molecule has 2 fully saturated rings. The van der Waals surface area contributed by atoms with Crippen LogP contribution in [0.1, 0.15) is 57.5 Å². The highest BCUT2D eigenvalue weighted by Crippen LogP contribution is 2.50. The van der Waals surface area contributed by atoms with Crippen LogP contribution in [-0.2, 0) is 17.3 Å². The molecule has 9 rings (SSSR count). The van der Waals surface area contributed by atoms with Crippen molar-refractivity contribution in [3.63, 3.8) is 0 Å². The van der Waals surface area contributed by atoms with Crippen LogP contribution < -0.4 is 30.1 Å². The van der Waals surface area contributed by atoms with E-state index in [1.54, 1.807) is 25.3 Å². The van der Waals surface area contributed by atoms with E-state index in [0.29, 0.717) is 59.9 Å². The second kappa shape index (κ2) is 15.8. The van der Waals surface area contributed by atoms with Crippen molar-refractivity contribution in [2.24, 2.45) is 17.8 Å². The first-order valence-corrected chi connectivity index (χ1v) is 20.4. The lowest BCUT2D eigenvalue weighted by Crippen LogP contribution is -2.43. The third-order valence-corrected chi connectivity index (χ3v) is 12.5. The maximum Gasteiger partial charge on any atom is 0.235 e. The fraction of sp³-hybridized carbons (Fsp3) is 0.442. The fourth-order valence-electron chi connectivity index (χ4n) is 9.60. The molecule has 1 saturated carbocycles. The molecule has 2 aromatic carbocycles. The highest BCUT2D eigenvalue weighted by molar-refractivity contribution is 6.28. The number of nitrogens with zero attached hydrogens (tertiary/aromatic N) is 9. The Hall–Kier alpha value is -5.51. The van der Waals surface area contributed by atoms with Crippen molar-refractivity contribution in [1.82, 2.24) is 30.1 Å². The molecule has 0 amide bonds. The fourth-order valence-corrected chi connectivity index (χ4v) is 9.77. The van der Waals surface area contributed by atoms with Crippen molar-refractivity contribution in [3.05, 3.63) is 94.2 Å². The largest absolute Gasteiger partial charge is 0.480 e. The number of piperidine rings is 1. The standard InChI is InChI=1S/C28H33F2N7O.C15H15ClF2N4/c1-28(2)15-37(22-8-7-18(29)9-21(22)30)27-25(28)26(31-3)33-23(34-27)11-20-16-5-6-17(20)14-36(13-16)19-10-24(38-4)35-32-12-19;1-15(2)7-22(10-5-4-8(17)6-9(10)18)13-11(15)12(19-3)20-14(16)21-13/h7-10,12,16-17,20H,5-6,11,13-15H2,1-4H3,(H,31,33,34);4-6H,7H2,1-3H3,(H,19,20,21). The minimum absolute atomic E-state index is 0.0771. The Morgan fingerprint density at radius 1 is 0.750 bits per heavy atom. The van der Waals surface area contributed by atoms with Crippen molar-refractivity contribution in [1.29, 1.82) is 0 Å². The number of methoxy groups -OCH3 is 1. The maximum absolute atomic E-state index is 14.9. The molecule has 0 radical (unpaired) electrons. The van der Waals surface area contributed by atoms with Crippen LogP contribution in [0, 0.1) is 41.0 Å². The van der Waals surface area contributed by atoms with Crippen LogP contribution >= 0.6 is 11.6 Å². The number of rotatable bonds is 8. The number of anilines is 7. The molecule has 12 nitrogen and oxygen atoms in total. The lowest BCUT2D eigenvalue weighted by molar-refractivity contribution is 0.265. The van der Waals surface area contributed by atoms with Crippen LogP contribution in [0.25, 0.3) is 0 Å². The Balaban J connectivity index is 0.000000193. The van der Waals surface area contributed by atoms with Crippen LogP contribution in [0.3, 0.4) is 0 Å². The number of halogens is 5. The summed E-state index contributed by atoms with van der Waals surface area (Å²) in [6, 6.07) is 9.17. The topological polar surface area (TPSA) is 120 Å². The number of ether oxygens (including phenoxy) is 1. The normalized spacial score (nSPS) is 20.7. The molecule has 2 bridgehead atoms. The van der Waals surface area contributed by atoms with Crippen molar-refractivity contribution >= 4 is 51.9 Å². The summed E-state index contributed by atoms with van der Waals surface area (Å²) in [6.45, 7) is 11.2. The zero-order chi connectivity index (χ0) is 42.7. The second-order valence-electron chi connectivity index (χ2n) is 17.2. The van der Waals surface area contributed by atoms with Gasteiger partial charge in [-0.1, -0.05) is 27.7 Å². The molecule has 60 heavy (non-hydrogen) atoms. The molecule has 17 heteroatoms. The van der Waals surface area contributed by atoms with Gasteiger partial charge in [-0.15, -0.1) is 5.10 Å². The number of nitrogens with one attached hydrogen (secondary N) is 2. The van der Waals surface area contributed by atoms with Gasteiger partial charge >= 0.3 is 0 Å². The van der Waals surface area contributed by atoms with E-state index in [-0.39, 0.29) is 21.8 Å². The number of fused-ring (bicyclic) bond motifs is 4. The maximum atomic E-state index is 14.9. The number of benzene rings is 2. The SMILES string of the molecule is CNc1nc(CC2C3CCC2CN(c2cnnc(OC)c2)C3)nc2c1C(C)(C)CN2c1ccc(F)cc1F.CNc1nc(Cl)nc2c1C(C)(C)CN2c1ccc(F)cc1F. The highest BCUT2D eigenvalue weighted by Gasteiger charge is 2.45. The van der Waals surface area contributed by atoms with Crippen molar-refractivity contribution < 1.29 is 22.3 Å². The molecule has 316 valence electrons. The number of aromatic nitrogens is 6. The highest BCUT2D eigenvalue weighted by atomic mass is 35.5. The zero-order valence-corrected chi connectivity index (χ0v) is 35.4. The minimum atomic E-state index is -0.635. The van der Waals surface area contributed by atoms with Gasteiger partial charge in [-0.25, -0.2) is 32.5 Å². The van der Waals surface area contributed by atoms with Crippen molar-refractivity contribution in [2.75, 3.05) is 72.7 Å². The van der Waals surface area contributed by atoms with E-state index in [4.69, 9.17) is 26.3 Å².